The van der Waals surface area contributed by atoms with E-state index in [1.54, 1.807) is 6.92 Å². The molecule has 84 valence electrons. The van der Waals surface area contributed by atoms with Gasteiger partial charge in [0.15, 0.2) is 0 Å². The van der Waals surface area contributed by atoms with Crippen LogP contribution in [0.3, 0.4) is 0 Å². The Bertz CT molecular complexity index is 381. The van der Waals surface area contributed by atoms with Gasteiger partial charge in [-0.1, -0.05) is 37.3 Å². The molecule has 0 saturated carbocycles. The number of rotatable bonds is 4. The Morgan fingerprint density at radius 3 is 2.56 bits per heavy atom. The van der Waals surface area contributed by atoms with Gasteiger partial charge in [0, 0.05) is 0 Å². The van der Waals surface area contributed by atoms with E-state index in [9.17, 15) is 4.79 Å². The summed E-state index contributed by atoms with van der Waals surface area (Å²) in [5, 5.41) is 11.5. The van der Waals surface area contributed by atoms with Gasteiger partial charge in [0.1, 0.15) is 5.92 Å². The maximum atomic E-state index is 11.6. The molecule has 0 saturated heterocycles. The molecular formula is C13H16N2O. The predicted molar refractivity (Wildman–Crippen MR) is 62.4 cm³/mol. The van der Waals surface area contributed by atoms with Crippen LogP contribution >= 0.6 is 0 Å². The Kier molecular flexibility index (Phi) is 4.53. The number of benzene rings is 1. The zero-order valence-electron chi connectivity index (χ0n) is 9.60. The third-order valence-corrected chi connectivity index (χ3v) is 2.51. The molecule has 0 aromatic heterocycles. The highest BCUT2D eigenvalue weighted by Crippen LogP contribution is 2.16. The first-order valence-corrected chi connectivity index (χ1v) is 5.44. The smallest absolute Gasteiger partial charge is 0.237 e. The Morgan fingerprint density at radius 1 is 1.44 bits per heavy atom. The number of nitrogens with zero attached hydrogens (tertiary/aromatic N) is 1. The Labute approximate surface area is 96.1 Å². The second-order valence-electron chi connectivity index (χ2n) is 3.73. The van der Waals surface area contributed by atoms with E-state index < -0.39 is 5.92 Å². The lowest BCUT2D eigenvalue weighted by Gasteiger charge is -2.18. The lowest BCUT2D eigenvalue weighted by Crippen LogP contribution is -2.32. The first-order valence-electron chi connectivity index (χ1n) is 5.44. The molecule has 0 aliphatic carbocycles. The summed E-state index contributed by atoms with van der Waals surface area (Å²) in [6, 6.07) is 11.7. The highest BCUT2D eigenvalue weighted by molar-refractivity contribution is 5.81. The zero-order valence-corrected chi connectivity index (χ0v) is 9.60. The molecular weight excluding hydrogens is 200 g/mol. The molecule has 0 fully saturated rings. The van der Waals surface area contributed by atoms with Crippen LogP contribution in [0.25, 0.3) is 0 Å². The normalized spacial score (nSPS) is 13.6. The summed E-state index contributed by atoms with van der Waals surface area (Å²) < 4.78 is 0. The molecule has 3 heteroatoms. The van der Waals surface area contributed by atoms with Crippen molar-refractivity contribution in [2.75, 3.05) is 0 Å². The summed E-state index contributed by atoms with van der Waals surface area (Å²) in [6.45, 7) is 3.61. The van der Waals surface area contributed by atoms with Gasteiger partial charge in [-0.2, -0.15) is 5.26 Å². The highest BCUT2D eigenvalue weighted by Gasteiger charge is 2.16. The van der Waals surface area contributed by atoms with Gasteiger partial charge in [-0.25, -0.2) is 0 Å². The minimum atomic E-state index is -0.599. The molecule has 0 bridgehead atoms. The molecule has 1 aromatic rings. The fourth-order valence-electron chi connectivity index (χ4n) is 1.46. The molecule has 0 radical (unpaired) electrons. The van der Waals surface area contributed by atoms with Crippen molar-refractivity contribution < 1.29 is 4.79 Å². The van der Waals surface area contributed by atoms with E-state index in [2.05, 4.69) is 5.32 Å². The highest BCUT2D eigenvalue weighted by atomic mass is 16.1. The van der Waals surface area contributed by atoms with Gasteiger partial charge < -0.3 is 5.32 Å². The molecule has 1 N–H and O–H groups in total. The minimum absolute atomic E-state index is 0.00972. The molecule has 1 aromatic carbocycles. The summed E-state index contributed by atoms with van der Waals surface area (Å²) in [7, 11) is 0. The number of hydrogen-bond donors (Lipinski definition) is 1. The van der Waals surface area contributed by atoms with E-state index in [0.717, 1.165) is 12.0 Å². The Hall–Kier alpha value is -1.82. The second kappa shape index (κ2) is 5.92. The number of nitrogens with one attached hydrogen (secondary N) is 1. The summed E-state index contributed by atoms with van der Waals surface area (Å²) in [4.78, 5) is 11.6. The van der Waals surface area contributed by atoms with Crippen molar-refractivity contribution in [3.63, 3.8) is 0 Å². The van der Waals surface area contributed by atoms with Crippen LogP contribution in [-0.4, -0.2) is 5.91 Å². The number of hydrogen-bond acceptors (Lipinski definition) is 2. The van der Waals surface area contributed by atoms with Crippen LogP contribution in [0, 0.1) is 17.2 Å². The van der Waals surface area contributed by atoms with Crippen LogP contribution in [0.15, 0.2) is 30.3 Å². The van der Waals surface area contributed by atoms with E-state index in [4.69, 9.17) is 5.26 Å². The van der Waals surface area contributed by atoms with Crippen molar-refractivity contribution in [1.82, 2.24) is 5.32 Å². The topological polar surface area (TPSA) is 52.9 Å². The standard InChI is InChI=1S/C13H16N2O/c1-3-12(11-7-5-4-6-8-11)15-13(16)10(2)9-14/h4-8,10,12H,3H2,1-2H3,(H,15,16)/t10-,12-/m0/s1. The average molecular weight is 216 g/mol. The van der Waals surface area contributed by atoms with Crippen LogP contribution in [-0.2, 0) is 4.79 Å². The van der Waals surface area contributed by atoms with Crippen molar-refractivity contribution in [3.05, 3.63) is 35.9 Å². The maximum Gasteiger partial charge on any atom is 0.237 e. The summed E-state index contributed by atoms with van der Waals surface area (Å²) in [5.41, 5.74) is 1.07. The molecule has 0 heterocycles. The monoisotopic (exact) mass is 216 g/mol. The lowest BCUT2D eigenvalue weighted by atomic mass is 10.0. The molecule has 0 unspecified atom stereocenters. The van der Waals surface area contributed by atoms with Crippen molar-refractivity contribution in [3.8, 4) is 6.07 Å². The van der Waals surface area contributed by atoms with Gasteiger partial charge in [0.25, 0.3) is 0 Å². The molecule has 3 nitrogen and oxygen atoms in total. The van der Waals surface area contributed by atoms with Crippen LogP contribution in [0.4, 0.5) is 0 Å². The lowest BCUT2D eigenvalue weighted by molar-refractivity contribution is -0.123. The third kappa shape index (κ3) is 3.09. The number of nitriles is 1. The van der Waals surface area contributed by atoms with E-state index in [0.29, 0.717) is 0 Å². The van der Waals surface area contributed by atoms with Crippen LogP contribution in [0.5, 0.6) is 0 Å². The van der Waals surface area contributed by atoms with Gasteiger partial charge in [-0.15, -0.1) is 0 Å². The van der Waals surface area contributed by atoms with Crippen molar-refractivity contribution in [2.45, 2.75) is 26.3 Å². The van der Waals surface area contributed by atoms with E-state index in [-0.39, 0.29) is 11.9 Å². The van der Waals surface area contributed by atoms with Gasteiger partial charge in [-0.05, 0) is 18.9 Å². The van der Waals surface area contributed by atoms with Gasteiger partial charge >= 0.3 is 0 Å². The third-order valence-electron chi connectivity index (χ3n) is 2.51. The van der Waals surface area contributed by atoms with Gasteiger partial charge in [-0.3, -0.25) is 4.79 Å². The van der Waals surface area contributed by atoms with Gasteiger partial charge in [0.05, 0.1) is 12.1 Å². The molecule has 0 aliphatic heterocycles. The quantitative estimate of drug-likeness (QED) is 0.840. The van der Waals surface area contributed by atoms with E-state index in [1.807, 2.05) is 43.3 Å². The molecule has 16 heavy (non-hydrogen) atoms. The Balaban J connectivity index is 2.71. The van der Waals surface area contributed by atoms with Gasteiger partial charge in [0.2, 0.25) is 5.91 Å². The van der Waals surface area contributed by atoms with Crippen LogP contribution < -0.4 is 5.32 Å². The fourth-order valence-corrected chi connectivity index (χ4v) is 1.46. The molecule has 2 atom stereocenters. The largest absolute Gasteiger partial charge is 0.348 e. The predicted octanol–water partition coefficient (Wildman–Crippen LogP) is 2.41. The Morgan fingerprint density at radius 2 is 2.06 bits per heavy atom. The van der Waals surface area contributed by atoms with E-state index in [1.165, 1.54) is 0 Å². The molecule has 1 rings (SSSR count). The average Bonchev–Trinajstić information content (AvgIpc) is 2.35. The number of carbonyl (C=O) groups excluding carboxylic acids is 1. The van der Waals surface area contributed by atoms with Crippen LogP contribution in [0.2, 0.25) is 0 Å². The van der Waals surface area contributed by atoms with Crippen molar-refractivity contribution in [2.24, 2.45) is 5.92 Å². The van der Waals surface area contributed by atoms with Crippen molar-refractivity contribution in [1.29, 1.82) is 5.26 Å². The minimum Gasteiger partial charge on any atom is -0.348 e. The first kappa shape index (κ1) is 12.3. The molecule has 1 amide bonds. The van der Waals surface area contributed by atoms with Crippen LogP contribution in [0.1, 0.15) is 31.9 Å². The first-order chi connectivity index (χ1) is 7.69. The second-order valence-corrected chi connectivity index (χ2v) is 3.73. The SMILES string of the molecule is CC[C@H](NC(=O)[C@@H](C)C#N)c1ccccc1. The number of amides is 1. The zero-order chi connectivity index (χ0) is 12.0. The fraction of sp³-hybridized carbons (Fsp3) is 0.385. The van der Waals surface area contributed by atoms with Crippen molar-refractivity contribution >= 4 is 5.91 Å². The summed E-state index contributed by atoms with van der Waals surface area (Å²) in [5.74, 6) is -0.809. The summed E-state index contributed by atoms with van der Waals surface area (Å²) in [6.07, 6.45) is 0.813. The maximum absolute atomic E-state index is 11.6. The molecule has 0 aliphatic rings. The summed E-state index contributed by atoms with van der Waals surface area (Å²) >= 11 is 0. The molecule has 0 spiro atoms. The number of carbonyl (C=O) groups is 1. The van der Waals surface area contributed by atoms with E-state index >= 15 is 0 Å².